The largest absolute Gasteiger partial charge is 0.447 e. The zero-order valence-corrected chi connectivity index (χ0v) is 20.5. The zero-order valence-electron chi connectivity index (χ0n) is 17.3. The maximum atomic E-state index is 12.8. The molecular weight excluding hydrogens is 540 g/mol. The van der Waals surface area contributed by atoms with Crippen LogP contribution in [0.2, 0.25) is 0 Å². The molecule has 0 aliphatic rings. The van der Waals surface area contributed by atoms with Gasteiger partial charge in [0.2, 0.25) is 0 Å². The van der Waals surface area contributed by atoms with E-state index in [9.17, 15) is 9.59 Å². The molecule has 0 bridgehead atoms. The SMILES string of the molecule is CN(C)c1ccc(/C=C(\NC(=O)c2ccccc2)C(=O)N/N=C/c2cc(Br)c(Br)o2)cc1. The number of hydrazone groups is 1. The summed E-state index contributed by atoms with van der Waals surface area (Å²) >= 11 is 6.55. The number of carbonyl (C=O) groups excluding carboxylic acids is 2. The van der Waals surface area contributed by atoms with E-state index in [1.54, 1.807) is 36.4 Å². The van der Waals surface area contributed by atoms with Gasteiger partial charge in [-0.1, -0.05) is 30.3 Å². The summed E-state index contributed by atoms with van der Waals surface area (Å²) in [5, 5.41) is 6.59. The van der Waals surface area contributed by atoms with E-state index >= 15 is 0 Å². The van der Waals surface area contributed by atoms with Gasteiger partial charge in [0, 0.05) is 31.4 Å². The van der Waals surface area contributed by atoms with Crippen LogP contribution in [0.1, 0.15) is 21.7 Å². The predicted octanol–water partition coefficient (Wildman–Crippen LogP) is 4.79. The number of amides is 2. The Morgan fingerprint density at radius 3 is 2.31 bits per heavy atom. The standard InChI is InChI=1S/C23H20Br2N4O3/c1-29(2)17-10-8-15(9-11-17)12-20(27-22(30)16-6-4-3-5-7-16)23(31)28-26-14-18-13-19(24)21(25)32-18/h3-14H,1-2H3,(H,27,30)(H,28,31)/b20-12-,26-14+. The highest BCUT2D eigenvalue weighted by Gasteiger charge is 2.14. The Morgan fingerprint density at radius 1 is 1.03 bits per heavy atom. The third-order valence-electron chi connectivity index (χ3n) is 4.27. The number of nitrogens with one attached hydrogen (secondary N) is 2. The minimum Gasteiger partial charge on any atom is -0.447 e. The highest BCUT2D eigenvalue weighted by molar-refractivity contribution is 9.13. The smallest absolute Gasteiger partial charge is 0.287 e. The van der Waals surface area contributed by atoms with Crippen LogP contribution in [0.3, 0.4) is 0 Å². The Kier molecular flexibility index (Phi) is 8.02. The van der Waals surface area contributed by atoms with Crippen LogP contribution >= 0.6 is 31.9 Å². The predicted molar refractivity (Wildman–Crippen MR) is 132 cm³/mol. The molecule has 0 saturated carbocycles. The second-order valence-corrected chi connectivity index (χ2v) is 8.41. The normalized spacial score (nSPS) is 11.4. The van der Waals surface area contributed by atoms with Gasteiger partial charge >= 0.3 is 0 Å². The first-order valence-electron chi connectivity index (χ1n) is 9.47. The number of halogens is 2. The Morgan fingerprint density at radius 2 is 1.72 bits per heavy atom. The monoisotopic (exact) mass is 558 g/mol. The third-order valence-corrected chi connectivity index (χ3v) is 5.98. The Labute approximate surface area is 202 Å². The van der Waals surface area contributed by atoms with Crippen LogP contribution in [0.25, 0.3) is 6.08 Å². The zero-order chi connectivity index (χ0) is 23.1. The van der Waals surface area contributed by atoms with Crippen LogP contribution in [0.15, 0.2) is 85.0 Å². The molecule has 1 aromatic heterocycles. The fraction of sp³-hybridized carbons (Fsp3) is 0.0870. The summed E-state index contributed by atoms with van der Waals surface area (Å²) in [4.78, 5) is 27.4. The average Bonchev–Trinajstić information content (AvgIpc) is 3.11. The Bertz CT molecular complexity index is 1130. The molecule has 0 spiro atoms. The van der Waals surface area contributed by atoms with Gasteiger partial charge in [0.25, 0.3) is 11.8 Å². The van der Waals surface area contributed by atoms with Crippen molar-refractivity contribution in [3.05, 3.63) is 92.4 Å². The molecule has 2 aromatic carbocycles. The fourth-order valence-electron chi connectivity index (χ4n) is 2.62. The van der Waals surface area contributed by atoms with E-state index in [4.69, 9.17) is 4.42 Å². The van der Waals surface area contributed by atoms with Gasteiger partial charge < -0.3 is 14.6 Å². The first kappa shape index (κ1) is 23.5. The molecular formula is C23H20Br2N4O3. The lowest BCUT2D eigenvalue weighted by Crippen LogP contribution is -2.32. The van der Waals surface area contributed by atoms with Gasteiger partial charge in [-0.25, -0.2) is 5.43 Å². The summed E-state index contributed by atoms with van der Waals surface area (Å²) in [6.45, 7) is 0. The topological polar surface area (TPSA) is 86.9 Å². The quantitative estimate of drug-likeness (QED) is 0.247. The summed E-state index contributed by atoms with van der Waals surface area (Å²) in [5.74, 6) is -0.547. The Balaban J connectivity index is 1.81. The molecule has 2 amide bonds. The van der Waals surface area contributed by atoms with E-state index in [2.05, 4.69) is 47.7 Å². The highest BCUT2D eigenvalue weighted by atomic mass is 79.9. The molecule has 164 valence electrons. The van der Waals surface area contributed by atoms with Crippen LogP contribution in [0.5, 0.6) is 0 Å². The van der Waals surface area contributed by atoms with Crippen LogP contribution in [-0.2, 0) is 4.79 Å². The molecule has 0 saturated heterocycles. The van der Waals surface area contributed by atoms with Crippen LogP contribution in [0, 0.1) is 0 Å². The minimum atomic E-state index is -0.577. The summed E-state index contributed by atoms with van der Waals surface area (Å²) < 4.78 is 6.63. The number of benzene rings is 2. The number of anilines is 1. The van der Waals surface area contributed by atoms with Crippen LogP contribution in [0.4, 0.5) is 5.69 Å². The molecule has 7 nitrogen and oxygen atoms in total. The van der Waals surface area contributed by atoms with Crippen molar-refractivity contribution in [3.63, 3.8) is 0 Å². The maximum absolute atomic E-state index is 12.8. The molecule has 0 aliphatic carbocycles. The van der Waals surface area contributed by atoms with Crippen molar-refractivity contribution in [2.75, 3.05) is 19.0 Å². The van der Waals surface area contributed by atoms with Crippen LogP contribution in [-0.4, -0.2) is 32.1 Å². The third kappa shape index (κ3) is 6.41. The number of furan rings is 1. The van der Waals surface area contributed by atoms with E-state index < -0.39 is 11.8 Å². The lowest BCUT2D eigenvalue weighted by Gasteiger charge is -2.12. The van der Waals surface area contributed by atoms with E-state index in [1.807, 2.05) is 49.3 Å². The number of rotatable bonds is 7. The van der Waals surface area contributed by atoms with Crippen molar-refractivity contribution in [1.29, 1.82) is 0 Å². The van der Waals surface area contributed by atoms with Crippen molar-refractivity contribution in [1.82, 2.24) is 10.7 Å². The molecule has 2 N–H and O–H groups in total. The van der Waals surface area contributed by atoms with E-state index in [0.29, 0.717) is 16.0 Å². The van der Waals surface area contributed by atoms with Crippen molar-refractivity contribution in [3.8, 4) is 0 Å². The molecule has 3 rings (SSSR count). The molecule has 0 unspecified atom stereocenters. The molecule has 32 heavy (non-hydrogen) atoms. The number of hydrogen-bond acceptors (Lipinski definition) is 5. The lowest BCUT2D eigenvalue weighted by atomic mass is 10.1. The molecule has 0 atom stereocenters. The number of nitrogens with zero attached hydrogens (tertiary/aromatic N) is 2. The van der Waals surface area contributed by atoms with Gasteiger partial charge in [0.1, 0.15) is 11.5 Å². The van der Waals surface area contributed by atoms with Gasteiger partial charge in [-0.05, 0) is 67.8 Å². The van der Waals surface area contributed by atoms with Crippen LogP contribution < -0.4 is 15.6 Å². The minimum absolute atomic E-state index is 0.0513. The first-order chi connectivity index (χ1) is 15.3. The molecule has 0 aliphatic heterocycles. The average molecular weight is 560 g/mol. The number of hydrogen-bond donors (Lipinski definition) is 2. The van der Waals surface area contributed by atoms with Gasteiger partial charge in [-0.15, -0.1) is 0 Å². The number of carbonyl (C=O) groups is 2. The van der Waals surface area contributed by atoms with Crippen molar-refractivity contribution in [2.24, 2.45) is 5.10 Å². The van der Waals surface area contributed by atoms with Crippen molar-refractivity contribution >= 4 is 61.7 Å². The van der Waals surface area contributed by atoms with Gasteiger partial charge in [0.05, 0.1) is 10.7 Å². The second-order valence-electron chi connectivity index (χ2n) is 6.83. The molecule has 9 heteroatoms. The molecule has 1 heterocycles. The summed E-state index contributed by atoms with van der Waals surface area (Å²) in [7, 11) is 3.88. The van der Waals surface area contributed by atoms with E-state index in [-0.39, 0.29) is 5.70 Å². The molecule has 3 aromatic rings. The van der Waals surface area contributed by atoms with E-state index in [1.165, 1.54) is 6.21 Å². The molecule has 0 radical (unpaired) electrons. The van der Waals surface area contributed by atoms with Crippen molar-refractivity contribution < 1.29 is 14.0 Å². The maximum Gasteiger partial charge on any atom is 0.287 e. The van der Waals surface area contributed by atoms with Gasteiger partial charge in [-0.3, -0.25) is 9.59 Å². The summed E-state index contributed by atoms with van der Waals surface area (Å²) in [5.41, 5.74) is 4.66. The molecule has 0 fully saturated rings. The second kappa shape index (κ2) is 10.9. The lowest BCUT2D eigenvalue weighted by molar-refractivity contribution is -0.117. The Hall–Kier alpha value is -3.17. The fourth-order valence-corrected chi connectivity index (χ4v) is 3.23. The summed E-state index contributed by atoms with van der Waals surface area (Å²) in [6, 6.07) is 17.9. The van der Waals surface area contributed by atoms with Gasteiger partial charge in [0.15, 0.2) is 4.67 Å². The first-order valence-corrected chi connectivity index (χ1v) is 11.1. The van der Waals surface area contributed by atoms with Crippen molar-refractivity contribution in [2.45, 2.75) is 0 Å². The highest BCUT2D eigenvalue weighted by Crippen LogP contribution is 2.25. The summed E-state index contributed by atoms with van der Waals surface area (Å²) in [6.07, 6.45) is 2.95. The van der Waals surface area contributed by atoms with Gasteiger partial charge in [-0.2, -0.15) is 5.10 Å². The van der Waals surface area contributed by atoms with E-state index in [0.717, 1.165) is 15.7 Å².